The van der Waals surface area contributed by atoms with Crippen molar-refractivity contribution in [3.63, 3.8) is 0 Å². The van der Waals surface area contributed by atoms with Crippen LogP contribution in [0.2, 0.25) is 0 Å². The molecule has 5 nitrogen and oxygen atoms in total. The molecular weight excluding hydrogens is 332 g/mol. The number of anilines is 2. The second-order valence-corrected chi connectivity index (χ2v) is 7.44. The van der Waals surface area contributed by atoms with Gasteiger partial charge in [-0.2, -0.15) is 0 Å². The summed E-state index contributed by atoms with van der Waals surface area (Å²) in [5.41, 5.74) is 6.70. The van der Waals surface area contributed by atoms with Crippen molar-refractivity contribution in [1.82, 2.24) is 0 Å². The Hall–Kier alpha value is -0.790. The summed E-state index contributed by atoms with van der Waals surface area (Å²) < 4.78 is 31.5. The highest BCUT2D eigenvalue weighted by atomic mass is 79.9. The predicted octanol–water partition coefficient (Wildman–Crippen LogP) is 2.22. The zero-order chi connectivity index (χ0) is 14.6. The summed E-state index contributed by atoms with van der Waals surface area (Å²) in [6.07, 6.45) is 0.0123. The normalized spacial score (nSPS) is 11.8. The zero-order valence-electron chi connectivity index (χ0n) is 11.3. The van der Waals surface area contributed by atoms with E-state index < -0.39 is 10.0 Å². The van der Waals surface area contributed by atoms with Crippen molar-refractivity contribution < 1.29 is 13.2 Å². The van der Waals surface area contributed by atoms with Gasteiger partial charge in [0.2, 0.25) is 10.0 Å². The lowest BCUT2D eigenvalue weighted by molar-refractivity contribution is 0.0912. The van der Waals surface area contributed by atoms with Crippen LogP contribution in [0, 0.1) is 0 Å². The summed E-state index contributed by atoms with van der Waals surface area (Å²) in [7, 11) is -1.94. The van der Waals surface area contributed by atoms with E-state index in [1.54, 1.807) is 18.2 Å². The van der Waals surface area contributed by atoms with E-state index in [2.05, 4.69) is 15.9 Å². The highest BCUT2D eigenvalue weighted by Crippen LogP contribution is 2.27. The molecule has 1 aromatic rings. The highest BCUT2D eigenvalue weighted by Gasteiger charge is 2.20. The Morgan fingerprint density at radius 3 is 2.58 bits per heavy atom. The number of hydrogen-bond acceptors (Lipinski definition) is 4. The summed E-state index contributed by atoms with van der Waals surface area (Å²) in [5.74, 6) is -0.0722. The summed E-state index contributed by atoms with van der Waals surface area (Å²) in [4.78, 5) is 0. The van der Waals surface area contributed by atoms with Gasteiger partial charge >= 0.3 is 0 Å². The van der Waals surface area contributed by atoms with Crippen LogP contribution in [0.15, 0.2) is 22.7 Å². The minimum Gasteiger partial charge on any atom is -0.397 e. The maximum absolute atomic E-state index is 12.1. The number of ether oxygens (including phenoxy) is 1. The van der Waals surface area contributed by atoms with Crippen LogP contribution in [-0.4, -0.2) is 33.9 Å². The number of benzene rings is 1. The van der Waals surface area contributed by atoms with Crippen LogP contribution in [0.5, 0.6) is 0 Å². The van der Waals surface area contributed by atoms with Gasteiger partial charge in [0.1, 0.15) is 0 Å². The molecule has 7 heteroatoms. The molecule has 1 aromatic carbocycles. The van der Waals surface area contributed by atoms with Gasteiger partial charge in [0.15, 0.2) is 0 Å². The van der Waals surface area contributed by atoms with E-state index in [9.17, 15) is 8.42 Å². The van der Waals surface area contributed by atoms with E-state index in [1.165, 1.54) is 11.4 Å². The van der Waals surface area contributed by atoms with Crippen molar-refractivity contribution in [2.45, 2.75) is 20.0 Å². The number of sulfonamides is 1. The third-order valence-electron chi connectivity index (χ3n) is 2.54. The molecule has 19 heavy (non-hydrogen) atoms. The fourth-order valence-corrected chi connectivity index (χ4v) is 2.91. The van der Waals surface area contributed by atoms with Crippen LogP contribution >= 0.6 is 15.9 Å². The number of hydrogen-bond donors (Lipinski definition) is 1. The van der Waals surface area contributed by atoms with Gasteiger partial charge in [-0.15, -0.1) is 0 Å². The summed E-state index contributed by atoms with van der Waals surface area (Å²) in [6, 6.07) is 5.09. The number of rotatable bonds is 6. The average molecular weight is 351 g/mol. The molecule has 0 saturated heterocycles. The fraction of sp³-hybridized carbons (Fsp3) is 0.500. The van der Waals surface area contributed by atoms with Crippen molar-refractivity contribution in [2.75, 3.05) is 29.4 Å². The van der Waals surface area contributed by atoms with Crippen molar-refractivity contribution in [3.05, 3.63) is 22.7 Å². The number of nitrogens with zero attached hydrogens (tertiary/aromatic N) is 1. The predicted molar refractivity (Wildman–Crippen MR) is 81.8 cm³/mol. The lowest BCUT2D eigenvalue weighted by atomic mass is 10.3. The standard InChI is InChI=1S/C12H19BrN2O3S/c1-9(2)18-6-7-19(16,17)15(3)12-5-4-10(13)8-11(12)14/h4-5,8-9H,6-7,14H2,1-3H3. The van der Waals surface area contributed by atoms with Gasteiger partial charge < -0.3 is 10.5 Å². The van der Waals surface area contributed by atoms with E-state index in [4.69, 9.17) is 10.5 Å². The Labute approximate surface area is 122 Å². The summed E-state index contributed by atoms with van der Waals surface area (Å²) in [6.45, 7) is 3.90. The van der Waals surface area contributed by atoms with Gasteiger partial charge in [0.05, 0.1) is 29.8 Å². The molecule has 0 bridgehead atoms. The van der Waals surface area contributed by atoms with E-state index in [-0.39, 0.29) is 18.5 Å². The molecule has 0 saturated carbocycles. The molecule has 0 unspecified atom stereocenters. The van der Waals surface area contributed by atoms with E-state index in [0.29, 0.717) is 11.4 Å². The SMILES string of the molecule is CC(C)OCCS(=O)(=O)N(C)c1ccc(Br)cc1N. The van der Waals surface area contributed by atoms with Crippen molar-refractivity contribution in [3.8, 4) is 0 Å². The van der Waals surface area contributed by atoms with Crippen molar-refractivity contribution in [2.24, 2.45) is 0 Å². The lowest BCUT2D eigenvalue weighted by Gasteiger charge is -2.21. The molecule has 0 radical (unpaired) electrons. The third kappa shape index (κ3) is 4.67. The average Bonchev–Trinajstić information content (AvgIpc) is 2.27. The van der Waals surface area contributed by atoms with Crippen LogP contribution in [0.3, 0.4) is 0 Å². The first-order valence-corrected chi connectivity index (χ1v) is 8.27. The molecular formula is C12H19BrN2O3S. The molecule has 0 aliphatic rings. The maximum Gasteiger partial charge on any atom is 0.237 e. The maximum atomic E-state index is 12.1. The monoisotopic (exact) mass is 350 g/mol. The zero-order valence-corrected chi connectivity index (χ0v) is 13.7. The van der Waals surface area contributed by atoms with E-state index in [1.807, 2.05) is 13.8 Å². The van der Waals surface area contributed by atoms with Crippen LogP contribution in [0.4, 0.5) is 11.4 Å². The fourth-order valence-electron chi connectivity index (χ4n) is 1.49. The van der Waals surface area contributed by atoms with Gasteiger partial charge in [-0.25, -0.2) is 8.42 Å². The smallest absolute Gasteiger partial charge is 0.237 e. The molecule has 0 aliphatic carbocycles. The van der Waals surface area contributed by atoms with Crippen LogP contribution in [0.1, 0.15) is 13.8 Å². The van der Waals surface area contributed by atoms with E-state index in [0.717, 1.165) is 4.47 Å². The molecule has 0 aliphatic heterocycles. The van der Waals surface area contributed by atoms with Crippen LogP contribution in [-0.2, 0) is 14.8 Å². The molecule has 0 atom stereocenters. The molecule has 0 spiro atoms. The minimum absolute atomic E-state index is 0.0123. The minimum atomic E-state index is -3.43. The van der Waals surface area contributed by atoms with Gasteiger partial charge in [-0.1, -0.05) is 15.9 Å². The Kier molecular flexibility index (Phi) is 5.64. The van der Waals surface area contributed by atoms with E-state index >= 15 is 0 Å². The molecule has 0 amide bonds. The topological polar surface area (TPSA) is 72.6 Å². The largest absolute Gasteiger partial charge is 0.397 e. The van der Waals surface area contributed by atoms with Crippen molar-refractivity contribution >= 4 is 37.3 Å². The Balaban J connectivity index is 2.83. The lowest BCUT2D eigenvalue weighted by Crippen LogP contribution is -2.31. The van der Waals surface area contributed by atoms with Crippen molar-refractivity contribution in [1.29, 1.82) is 0 Å². The van der Waals surface area contributed by atoms with Crippen LogP contribution < -0.4 is 10.0 Å². The molecule has 108 valence electrons. The molecule has 0 heterocycles. The van der Waals surface area contributed by atoms with Crippen LogP contribution in [0.25, 0.3) is 0 Å². The Bertz CT molecular complexity index is 532. The molecule has 2 N–H and O–H groups in total. The second-order valence-electron chi connectivity index (χ2n) is 4.41. The first kappa shape index (κ1) is 16.3. The number of nitrogens with two attached hydrogens (primary N) is 1. The Morgan fingerprint density at radius 2 is 2.05 bits per heavy atom. The second kappa shape index (κ2) is 6.58. The quantitative estimate of drug-likeness (QED) is 0.798. The first-order valence-electron chi connectivity index (χ1n) is 5.87. The molecule has 0 aromatic heterocycles. The Morgan fingerprint density at radius 1 is 1.42 bits per heavy atom. The van der Waals surface area contributed by atoms with Gasteiger partial charge in [-0.3, -0.25) is 4.31 Å². The molecule has 0 fully saturated rings. The van der Waals surface area contributed by atoms with Gasteiger partial charge in [-0.05, 0) is 32.0 Å². The summed E-state index contributed by atoms with van der Waals surface area (Å²) in [5, 5.41) is 0. The first-order chi connectivity index (χ1) is 8.74. The highest BCUT2D eigenvalue weighted by molar-refractivity contribution is 9.10. The van der Waals surface area contributed by atoms with Gasteiger partial charge in [0, 0.05) is 11.5 Å². The number of nitrogen functional groups attached to an aromatic ring is 1. The summed E-state index contributed by atoms with van der Waals surface area (Å²) >= 11 is 3.29. The number of halogens is 1. The van der Waals surface area contributed by atoms with Gasteiger partial charge in [0.25, 0.3) is 0 Å². The third-order valence-corrected chi connectivity index (χ3v) is 4.75. The molecule has 1 rings (SSSR count).